The van der Waals surface area contributed by atoms with Gasteiger partial charge in [0.25, 0.3) is 0 Å². The van der Waals surface area contributed by atoms with Crippen molar-refractivity contribution in [3.05, 3.63) is 29.8 Å². The van der Waals surface area contributed by atoms with Crippen molar-refractivity contribution < 1.29 is 18.6 Å². The van der Waals surface area contributed by atoms with Crippen LogP contribution in [0.5, 0.6) is 5.75 Å². The lowest BCUT2D eigenvalue weighted by Crippen LogP contribution is -2.29. The van der Waals surface area contributed by atoms with Crippen molar-refractivity contribution in [2.45, 2.75) is 26.0 Å². The van der Waals surface area contributed by atoms with Gasteiger partial charge in [-0.2, -0.15) is 0 Å². The molecule has 0 saturated heterocycles. The standard InChI is InChI=1S/C11H17NO4S/c1-9(12-17(14)15)5-6-16-11-4-2-3-10(7-11)8-13/h2-4,7,9,12-13H,5-6,8H2,1H3,(H,14,15). The van der Waals surface area contributed by atoms with Crippen LogP contribution in [-0.2, 0) is 17.9 Å². The number of aliphatic hydroxyl groups is 1. The second-order valence-electron chi connectivity index (χ2n) is 3.71. The van der Waals surface area contributed by atoms with Gasteiger partial charge < -0.3 is 9.84 Å². The molecule has 0 spiro atoms. The number of nitrogens with one attached hydrogen (secondary N) is 1. The zero-order valence-electron chi connectivity index (χ0n) is 9.63. The number of hydrogen-bond donors (Lipinski definition) is 3. The molecule has 2 atom stereocenters. The van der Waals surface area contributed by atoms with Crippen LogP contribution in [0.15, 0.2) is 24.3 Å². The Labute approximate surface area is 103 Å². The smallest absolute Gasteiger partial charge is 0.231 e. The minimum Gasteiger partial charge on any atom is -0.494 e. The number of rotatable bonds is 7. The van der Waals surface area contributed by atoms with Gasteiger partial charge in [0.2, 0.25) is 11.3 Å². The molecule has 1 rings (SSSR count). The maximum atomic E-state index is 10.5. The van der Waals surface area contributed by atoms with Gasteiger partial charge in [0.1, 0.15) is 5.75 Å². The Balaban J connectivity index is 2.32. The highest BCUT2D eigenvalue weighted by Crippen LogP contribution is 2.13. The molecule has 0 heterocycles. The maximum Gasteiger partial charge on any atom is 0.231 e. The van der Waals surface area contributed by atoms with Crippen molar-refractivity contribution in [1.29, 1.82) is 0 Å². The van der Waals surface area contributed by atoms with E-state index in [1.165, 1.54) is 0 Å². The Morgan fingerprint density at radius 1 is 1.53 bits per heavy atom. The summed E-state index contributed by atoms with van der Waals surface area (Å²) >= 11 is -1.99. The molecule has 0 aliphatic heterocycles. The van der Waals surface area contributed by atoms with Crippen LogP contribution < -0.4 is 9.46 Å². The first-order valence-corrected chi connectivity index (χ1v) is 6.42. The van der Waals surface area contributed by atoms with E-state index in [1.807, 2.05) is 19.1 Å². The van der Waals surface area contributed by atoms with E-state index in [4.69, 9.17) is 14.4 Å². The first kappa shape index (κ1) is 14.1. The summed E-state index contributed by atoms with van der Waals surface area (Å²) in [5.74, 6) is 0.689. The van der Waals surface area contributed by atoms with Gasteiger partial charge in [-0.05, 0) is 31.0 Å². The molecular formula is C11H17NO4S. The second-order valence-corrected chi connectivity index (χ2v) is 4.44. The molecule has 0 aromatic heterocycles. The first-order chi connectivity index (χ1) is 8.11. The van der Waals surface area contributed by atoms with E-state index >= 15 is 0 Å². The summed E-state index contributed by atoms with van der Waals surface area (Å²) in [5, 5.41) is 8.95. The summed E-state index contributed by atoms with van der Waals surface area (Å²) in [4.78, 5) is 0. The van der Waals surface area contributed by atoms with Crippen molar-refractivity contribution in [3.63, 3.8) is 0 Å². The van der Waals surface area contributed by atoms with Crippen LogP contribution in [0.2, 0.25) is 0 Å². The number of ether oxygens (including phenoxy) is 1. The van der Waals surface area contributed by atoms with Crippen molar-refractivity contribution >= 4 is 11.3 Å². The Hall–Kier alpha value is -0.950. The lowest BCUT2D eigenvalue weighted by molar-refractivity contribution is 0.277. The summed E-state index contributed by atoms with van der Waals surface area (Å²) in [5.41, 5.74) is 0.796. The fourth-order valence-electron chi connectivity index (χ4n) is 1.32. The van der Waals surface area contributed by atoms with Crippen LogP contribution in [0.1, 0.15) is 18.9 Å². The van der Waals surface area contributed by atoms with Crippen molar-refractivity contribution in [1.82, 2.24) is 4.72 Å². The lowest BCUT2D eigenvalue weighted by atomic mass is 10.2. The molecule has 0 aliphatic rings. The summed E-state index contributed by atoms with van der Waals surface area (Å²) < 4.78 is 27.0. The van der Waals surface area contributed by atoms with Crippen molar-refractivity contribution in [2.75, 3.05) is 6.61 Å². The van der Waals surface area contributed by atoms with Crippen LogP contribution in [0.4, 0.5) is 0 Å². The normalized spacial score (nSPS) is 14.3. The fourth-order valence-corrected chi connectivity index (χ4v) is 1.78. The molecule has 0 saturated carbocycles. The molecule has 0 amide bonds. The third-order valence-electron chi connectivity index (χ3n) is 2.20. The van der Waals surface area contributed by atoms with Gasteiger partial charge in [0, 0.05) is 6.04 Å². The molecule has 17 heavy (non-hydrogen) atoms. The highest BCUT2D eigenvalue weighted by atomic mass is 32.2. The summed E-state index contributed by atoms with van der Waals surface area (Å²) in [6.07, 6.45) is 0.621. The van der Waals surface area contributed by atoms with E-state index in [-0.39, 0.29) is 12.6 Å². The Kier molecular flexibility index (Phi) is 6.13. The summed E-state index contributed by atoms with van der Waals surface area (Å²) in [6.45, 7) is 2.24. The van der Waals surface area contributed by atoms with Crippen LogP contribution in [-0.4, -0.2) is 26.5 Å². The van der Waals surface area contributed by atoms with E-state index in [0.29, 0.717) is 18.8 Å². The number of benzene rings is 1. The Morgan fingerprint density at radius 2 is 2.29 bits per heavy atom. The number of aliphatic hydroxyl groups excluding tert-OH is 1. The summed E-state index contributed by atoms with van der Waals surface area (Å²) in [7, 11) is 0. The van der Waals surface area contributed by atoms with E-state index in [1.54, 1.807) is 12.1 Å². The average molecular weight is 259 g/mol. The zero-order chi connectivity index (χ0) is 12.7. The molecule has 3 N–H and O–H groups in total. The Bertz CT molecular complexity index is 372. The van der Waals surface area contributed by atoms with E-state index in [0.717, 1.165) is 5.56 Å². The molecule has 2 unspecified atom stereocenters. The van der Waals surface area contributed by atoms with E-state index < -0.39 is 11.3 Å². The topological polar surface area (TPSA) is 78.8 Å². The minimum atomic E-state index is -1.99. The van der Waals surface area contributed by atoms with Crippen LogP contribution >= 0.6 is 0 Å². The minimum absolute atomic E-state index is 0.0152. The van der Waals surface area contributed by atoms with Gasteiger partial charge in [0.05, 0.1) is 13.2 Å². The molecule has 0 fully saturated rings. The van der Waals surface area contributed by atoms with Gasteiger partial charge >= 0.3 is 0 Å². The highest BCUT2D eigenvalue weighted by molar-refractivity contribution is 7.77. The largest absolute Gasteiger partial charge is 0.494 e. The van der Waals surface area contributed by atoms with Crippen LogP contribution in [0.25, 0.3) is 0 Å². The quantitative estimate of drug-likeness (QED) is 0.640. The van der Waals surface area contributed by atoms with Crippen LogP contribution in [0, 0.1) is 0 Å². The molecule has 0 radical (unpaired) electrons. The molecule has 0 bridgehead atoms. The average Bonchev–Trinajstić information content (AvgIpc) is 2.28. The molecular weight excluding hydrogens is 242 g/mol. The highest BCUT2D eigenvalue weighted by Gasteiger charge is 2.04. The second kappa shape index (κ2) is 7.39. The van der Waals surface area contributed by atoms with Gasteiger partial charge in [-0.1, -0.05) is 12.1 Å². The molecule has 0 aliphatic carbocycles. The van der Waals surface area contributed by atoms with Crippen molar-refractivity contribution in [3.8, 4) is 5.75 Å². The molecule has 6 heteroatoms. The third kappa shape index (κ3) is 5.78. The Morgan fingerprint density at radius 3 is 2.94 bits per heavy atom. The predicted molar refractivity (Wildman–Crippen MR) is 65.8 cm³/mol. The maximum absolute atomic E-state index is 10.5. The first-order valence-electron chi connectivity index (χ1n) is 5.31. The summed E-state index contributed by atoms with van der Waals surface area (Å²) in [6, 6.07) is 7.10. The fraction of sp³-hybridized carbons (Fsp3) is 0.455. The van der Waals surface area contributed by atoms with Crippen LogP contribution in [0.3, 0.4) is 0 Å². The van der Waals surface area contributed by atoms with E-state index in [2.05, 4.69) is 4.72 Å². The predicted octanol–water partition coefficient (Wildman–Crippen LogP) is 1.06. The lowest BCUT2D eigenvalue weighted by Gasteiger charge is -2.11. The molecule has 96 valence electrons. The monoisotopic (exact) mass is 259 g/mol. The van der Waals surface area contributed by atoms with Gasteiger partial charge in [-0.25, -0.2) is 8.93 Å². The molecule has 5 nitrogen and oxygen atoms in total. The van der Waals surface area contributed by atoms with Crippen molar-refractivity contribution in [2.24, 2.45) is 0 Å². The van der Waals surface area contributed by atoms with E-state index in [9.17, 15) is 4.21 Å². The zero-order valence-corrected chi connectivity index (χ0v) is 10.4. The number of hydrogen-bond acceptors (Lipinski definition) is 3. The molecule has 1 aromatic carbocycles. The van der Waals surface area contributed by atoms with Gasteiger partial charge in [0.15, 0.2) is 0 Å². The van der Waals surface area contributed by atoms with Gasteiger partial charge in [-0.15, -0.1) is 0 Å². The SMILES string of the molecule is CC(CCOc1cccc(CO)c1)NS(=O)O. The van der Waals surface area contributed by atoms with Gasteiger partial charge in [-0.3, -0.25) is 4.55 Å². The molecule has 1 aromatic rings. The third-order valence-corrected chi connectivity index (χ3v) is 2.81.